The average Bonchev–Trinajstić information content (AvgIpc) is 3.88. The van der Waals surface area contributed by atoms with Gasteiger partial charge in [0.25, 0.3) is 0 Å². The molecule has 0 unspecified atom stereocenters. The number of rotatable bonds is 5. The summed E-state index contributed by atoms with van der Waals surface area (Å²) in [6.45, 7) is 0. The molecular formula is C61H37N5. The maximum Gasteiger partial charge on any atom is 0.164 e. The monoisotopic (exact) mass is 839 g/mol. The summed E-state index contributed by atoms with van der Waals surface area (Å²) in [6, 6.07) is 80.5. The summed E-state index contributed by atoms with van der Waals surface area (Å²) in [5.74, 6) is 1.91. The number of hydrogen-bond donors (Lipinski definition) is 0. The third kappa shape index (κ3) is 5.44. The van der Waals surface area contributed by atoms with Gasteiger partial charge < -0.3 is 9.13 Å². The molecule has 14 rings (SSSR count). The molecule has 0 radical (unpaired) electrons. The Balaban J connectivity index is 1.06. The second-order valence-electron chi connectivity index (χ2n) is 17.1. The zero-order valence-corrected chi connectivity index (χ0v) is 35.6. The summed E-state index contributed by atoms with van der Waals surface area (Å²) in [7, 11) is 0. The van der Waals surface area contributed by atoms with Gasteiger partial charge in [-0.15, -0.1) is 0 Å². The largest absolute Gasteiger partial charge is 0.309 e. The van der Waals surface area contributed by atoms with Crippen LogP contribution in [0.1, 0.15) is 0 Å². The maximum atomic E-state index is 5.30. The molecule has 0 atom stereocenters. The molecule has 0 bridgehead atoms. The van der Waals surface area contributed by atoms with Crippen molar-refractivity contribution in [2.75, 3.05) is 0 Å². The van der Waals surface area contributed by atoms with Crippen molar-refractivity contribution >= 4 is 86.7 Å². The van der Waals surface area contributed by atoms with Crippen molar-refractivity contribution < 1.29 is 0 Å². The smallest absolute Gasteiger partial charge is 0.164 e. The molecule has 0 amide bonds. The molecule has 11 aromatic carbocycles. The molecule has 66 heavy (non-hydrogen) atoms. The molecule has 3 heterocycles. The summed E-state index contributed by atoms with van der Waals surface area (Å²) < 4.78 is 5.00. The summed E-state index contributed by atoms with van der Waals surface area (Å²) in [6.07, 6.45) is 0. The predicted octanol–water partition coefficient (Wildman–Crippen LogP) is 15.7. The zero-order chi connectivity index (χ0) is 43.3. The molecule has 5 heteroatoms. The van der Waals surface area contributed by atoms with Crippen molar-refractivity contribution in [3.63, 3.8) is 0 Å². The molecule has 14 aromatic rings. The molecule has 0 aliphatic carbocycles. The van der Waals surface area contributed by atoms with Crippen LogP contribution in [0.15, 0.2) is 224 Å². The van der Waals surface area contributed by atoms with Crippen LogP contribution >= 0.6 is 0 Å². The van der Waals surface area contributed by atoms with Gasteiger partial charge in [0, 0.05) is 49.0 Å². The van der Waals surface area contributed by atoms with Gasteiger partial charge in [0.2, 0.25) is 0 Å². The molecule has 0 N–H and O–H groups in total. The molecule has 0 spiro atoms. The summed E-state index contributed by atoms with van der Waals surface area (Å²) in [5, 5.41) is 14.1. The second-order valence-corrected chi connectivity index (χ2v) is 17.1. The van der Waals surface area contributed by atoms with Crippen LogP contribution in [0.3, 0.4) is 0 Å². The van der Waals surface area contributed by atoms with Crippen LogP contribution in [0.4, 0.5) is 0 Å². The fraction of sp³-hybridized carbons (Fsp3) is 0. The van der Waals surface area contributed by atoms with Gasteiger partial charge in [-0.3, -0.25) is 0 Å². The first-order valence-electron chi connectivity index (χ1n) is 22.4. The lowest BCUT2D eigenvalue weighted by Gasteiger charge is -2.17. The van der Waals surface area contributed by atoms with Crippen LogP contribution in [-0.4, -0.2) is 24.1 Å². The van der Waals surface area contributed by atoms with E-state index >= 15 is 0 Å². The molecule has 0 saturated carbocycles. The van der Waals surface area contributed by atoms with Crippen LogP contribution < -0.4 is 0 Å². The Bertz CT molecular complexity index is 4290. The van der Waals surface area contributed by atoms with Gasteiger partial charge in [-0.1, -0.05) is 182 Å². The number of nitrogens with zero attached hydrogens (tertiary/aromatic N) is 5. The highest BCUT2D eigenvalue weighted by Crippen LogP contribution is 2.45. The van der Waals surface area contributed by atoms with Gasteiger partial charge in [0.15, 0.2) is 17.5 Å². The van der Waals surface area contributed by atoms with E-state index < -0.39 is 0 Å². The molecular weight excluding hydrogens is 803 g/mol. The van der Waals surface area contributed by atoms with Crippen LogP contribution in [-0.2, 0) is 0 Å². The van der Waals surface area contributed by atoms with Gasteiger partial charge in [-0.25, -0.2) is 15.0 Å². The highest BCUT2D eigenvalue weighted by molar-refractivity contribution is 6.23. The Hall–Kier alpha value is -8.93. The van der Waals surface area contributed by atoms with Crippen molar-refractivity contribution in [3.05, 3.63) is 224 Å². The van der Waals surface area contributed by atoms with Crippen molar-refractivity contribution in [2.24, 2.45) is 0 Å². The molecule has 0 fully saturated rings. The molecule has 0 aliphatic heterocycles. The van der Waals surface area contributed by atoms with E-state index in [9.17, 15) is 0 Å². The summed E-state index contributed by atoms with van der Waals surface area (Å²) in [4.78, 5) is 15.7. The van der Waals surface area contributed by atoms with E-state index in [0.717, 1.165) is 55.0 Å². The Kier molecular flexibility index (Phi) is 7.91. The Labute approximate surface area is 379 Å². The highest BCUT2D eigenvalue weighted by atomic mass is 15.0. The first-order valence-corrected chi connectivity index (χ1v) is 22.4. The third-order valence-corrected chi connectivity index (χ3v) is 13.5. The van der Waals surface area contributed by atoms with E-state index in [4.69, 9.17) is 15.0 Å². The molecule has 0 aliphatic rings. The first kappa shape index (κ1) is 36.5. The number of para-hydroxylation sites is 2. The lowest BCUT2D eigenvalue weighted by molar-refractivity contribution is 1.08. The van der Waals surface area contributed by atoms with Gasteiger partial charge in [-0.2, -0.15) is 0 Å². The fourth-order valence-electron chi connectivity index (χ4n) is 10.6. The Morgan fingerprint density at radius 3 is 1.58 bits per heavy atom. The minimum absolute atomic E-state index is 0.629. The van der Waals surface area contributed by atoms with Gasteiger partial charge in [0.05, 0.1) is 33.4 Å². The van der Waals surface area contributed by atoms with Crippen LogP contribution in [0, 0.1) is 0 Å². The van der Waals surface area contributed by atoms with Gasteiger partial charge >= 0.3 is 0 Å². The van der Waals surface area contributed by atoms with E-state index in [0.29, 0.717) is 17.5 Å². The minimum atomic E-state index is 0.629. The first-order chi connectivity index (χ1) is 32.7. The van der Waals surface area contributed by atoms with Crippen molar-refractivity contribution in [1.82, 2.24) is 24.1 Å². The second kappa shape index (κ2) is 14.3. The molecule has 306 valence electrons. The maximum absolute atomic E-state index is 5.30. The lowest BCUT2D eigenvalue weighted by Crippen LogP contribution is -2.02. The number of aromatic nitrogens is 5. The SMILES string of the molecule is c1ccc(-c2nc(-c3cccc4ccccc34)nc(-c3ccc(-n4c5ccccc5c5c(-n6c7ccccc7c7cc8ccccc8cc76)c6ccccc6cc54)c4ccccc34)n2)cc1. The lowest BCUT2D eigenvalue weighted by atomic mass is 10.0. The van der Waals surface area contributed by atoms with E-state index in [-0.39, 0.29) is 0 Å². The fourth-order valence-corrected chi connectivity index (χ4v) is 10.6. The number of fused-ring (bicyclic) bond motifs is 10. The summed E-state index contributed by atoms with van der Waals surface area (Å²) in [5.41, 5.74) is 9.77. The van der Waals surface area contributed by atoms with E-state index in [1.54, 1.807) is 0 Å². The Morgan fingerprint density at radius 2 is 0.803 bits per heavy atom. The van der Waals surface area contributed by atoms with Crippen molar-refractivity contribution in [3.8, 4) is 45.5 Å². The van der Waals surface area contributed by atoms with Crippen LogP contribution in [0.25, 0.3) is 132 Å². The van der Waals surface area contributed by atoms with Crippen LogP contribution in [0.2, 0.25) is 0 Å². The van der Waals surface area contributed by atoms with Crippen molar-refractivity contribution in [2.45, 2.75) is 0 Å². The van der Waals surface area contributed by atoms with Crippen molar-refractivity contribution in [1.29, 1.82) is 0 Å². The van der Waals surface area contributed by atoms with Gasteiger partial charge in [-0.05, 0) is 74.8 Å². The van der Waals surface area contributed by atoms with E-state index in [1.165, 1.54) is 59.8 Å². The normalized spacial score (nSPS) is 11.9. The number of hydrogen-bond acceptors (Lipinski definition) is 3. The molecule has 5 nitrogen and oxygen atoms in total. The average molecular weight is 840 g/mol. The predicted molar refractivity (Wildman–Crippen MR) is 275 cm³/mol. The quantitative estimate of drug-likeness (QED) is 0.173. The topological polar surface area (TPSA) is 48.5 Å². The van der Waals surface area contributed by atoms with Gasteiger partial charge in [0.1, 0.15) is 0 Å². The van der Waals surface area contributed by atoms with Crippen LogP contribution in [0.5, 0.6) is 0 Å². The molecule has 0 saturated heterocycles. The molecule has 3 aromatic heterocycles. The highest BCUT2D eigenvalue weighted by Gasteiger charge is 2.24. The summed E-state index contributed by atoms with van der Waals surface area (Å²) >= 11 is 0. The third-order valence-electron chi connectivity index (χ3n) is 13.5. The minimum Gasteiger partial charge on any atom is -0.309 e. The standard InChI is InChI=1S/C61H37N5/c1-2-18-39(19-3-1)59-62-60(48-30-16-23-38-17-6-8-24-43(38)48)64-61(63-59)49-33-34-54(46-27-11-10-26-45(46)49)65-53-32-15-13-29-50(53)57-56(65)37-42-22-7-9-25-44(42)58(57)66-52-31-14-12-28-47(52)51-35-40-20-4-5-21-41(40)36-55(51)66/h1-37H. The zero-order valence-electron chi connectivity index (χ0n) is 35.6. The Morgan fingerprint density at radius 1 is 0.273 bits per heavy atom. The number of benzene rings is 11. The van der Waals surface area contributed by atoms with E-state index in [1.807, 2.05) is 18.2 Å². The van der Waals surface area contributed by atoms with E-state index in [2.05, 4.69) is 215 Å².